The second-order valence-corrected chi connectivity index (χ2v) is 14.0. The lowest BCUT2D eigenvalue weighted by molar-refractivity contribution is -0.143. The van der Waals surface area contributed by atoms with Crippen LogP contribution in [0.1, 0.15) is 46.5 Å². The smallest absolute Gasteiger partial charge is 0.445 e. The van der Waals surface area contributed by atoms with Gasteiger partial charge in [-0.1, -0.05) is 11.3 Å². The number of halogens is 6. The number of thiophene rings is 1. The van der Waals surface area contributed by atoms with Crippen molar-refractivity contribution in [1.29, 1.82) is 0 Å². The highest BCUT2D eigenvalue weighted by atomic mass is 32.2. The van der Waals surface area contributed by atoms with Crippen molar-refractivity contribution in [3.8, 4) is 16.3 Å². The highest BCUT2D eigenvalue weighted by molar-refractivity contribution is 7.91. The third-order valence-corrected chi connectivity index (χ3v) is 10.4. The Bertz CT molecular complexity index is 1850. The Morgan fingerprint density at radius 1 is 1.05 bits per heavy atom. The maximum atomic E-state index is 13.4. The van der Waals surface area contributed by atoms with Gasteiger partial charge >= 0.3 is 12.4 Å². The van der Waals surface area contributed by atoms with Crippen LogP contribution >= 0.6 is 22.7 Å². The van der Waals surface area contributed by atoms with Crippen LogP contribution in [-0.2, 0) is 29.4 Å². The minimum absolute atomic E-state index is 0.0395. The number of ether oxygens (including phenoxy) is 1. The molecule has 0 bridgehead atoms. The first kappa shape index (κ1) is 31.8. The van der Waals surface area contributed by atoms with E-state index in [4.69, 9.17) is 4.74 Å². The summed E-state index contributed by atoms with van der Waals surface area (Å²) in [6, 6.07) is 5.68. The third-order valence-electron chi connectivity index (χ3n) is 6.45. The summed E-state index contributed by atoms with van der Waals surface area (Å²) in [5.74, 6) is -0.782. The lowest BCUT2D eigenvalue weighted by Crippen LogP contribution is -2.53. The first-order chi connectivity index (χ1) is 20.3. The van der Waals surface area contributed by atoms with Crippen molar-refractivity contribution in [1.82, 2.24) is 24.7 Å². The quantitative estimate of drug-likeness (QED) is 0.245. The van der Waals surface area contributed by atoms with Gasteiger partial charge in [-0.05, 0) is 50.2 Å². The van der Waals surface area contributed by atoms with Gasteiger partial charge in [-0.2, -0.15) is 31.4 Å². The van der Waals surface area contributed by atoms with Crippen molar-refractivity contribution < 1.29 is 49.4 Å². The molecular formula is C24H20F6N6O5S3. The van der Waals surface area contributed by atoms with Crippen molar-refractivity contribution in [3.63, 3.8) is 0 Å². The number of hydrogen-bond donors (Lipinski definition) is 3. The highest BCUT2D eigenvalue weighted by Crippen LogP contribution is 2.42. The number of nitrogens with zero attached hydrogens (tertiary/aromatic N) is 4. The molecule has 236 valence electrons. The van der Waals surface area contributed by atoms with Crippen molar-refractivity contribution in [2.45, 2.75) is 48.2 Å². The number of anilines is 1. The van der Waals surface area contributed by atoms with Gasteiger partial charge in [0, 0.05) is 18.2 Å². The van der Waals surface area contributed by atoms with Crippen LogP contribution in [0.15, 0.2) is 40.6 Å². The molecule has 4 heterocycles. The summed E-state index contributed by atoms with van der Waals surface area (Å²) in [6.07, 6.45) is -10.9. The number of aliphatic hydroxyl groups is 1. The standard InChI is InChI=1S/C24H20F6N6O5S3/c1-22(2)18(37)17(35-44(39,40)16-7-6-14(42-16)12-9-15(23(25,26)27)36(3)34-12)11-8-10(4-5-13(11)41-22)19(38)31-21-33-32-20(43-21)24(28,29)30/h4-9,17-18,35,37H,1-3H3,(H,31,33,38)/t17-,18+/m1/s1. The molecule has 20 heteroatoms. The molecule has 1 amide bonds. The molecule has 0 unspecified atom stereocenters. The second-order valence-electron chi connectivity index (χ2n) is 10.0. The van der Waals surface area contributed by atoms with E-state index in [9.17, 15) is 44.7 Å². The number of aliphatic hydroxyl groups excluding tert-OH is 1. The van der Waals surface area contributed by atoms with Gasteiger partial charge in [-0.25, -0.2) is 13.1 Å². The number of carbonyl (C=O) groups excluding carboxylic acids is 1. The van der Waals surface area contributed by atoms with Gasteiger partial charge in [0.25, 0.3) is 15.9 Å². The molecule has 2 atom stereocenters. The largest absolute Gasteiger partial charge is 0.485 e. The fourth-order valence-corrected chi connectivity index (χ4v) is 7.41. The zero-order valence-corrected chi connectivity index (χ0v) is 24.9. The molecule has 0 radical (unpaired) electrons. The molecule has 1 aromatic carbocycles. The Morgan fingerprint density at radius 2 is 1.75 bits per heavy atom. The summed E-state index contributed by atoms with van der Waals surface area (Å²) >= 11 is 0.753. The van der Waals surface area contributed by atoms with E-state index in [1.165, 1.54) is 44.2 Å². The summed E-state index contributed by atoms with van der Waals surface area (Å²) in [5.41, 5.74) is -2.54. The second kappa shape index (κ2) is 10.8. The van der Waals surface area contributed by atoms with Crippen LogP contribution < -0.4 is 14.8 Å². The predicted octanol–water partition coefficient (Wildman–Crippen LogP) is 4.84. The molecule has 1 aliphatic rings. The molecule has 5 rings (SSSR count). The van der Waals surface area contributed by atoms with Crippen LogP contribution in [0.25, 0.3) is 10.6 Å². The Balaban J connectivity index is 1.43. The Labute approximate surface area is 252 Å². The molecule has 3 N–H and O–H groups in total. The minimum Gasteiger partial charge on any atom is -0.485 e. The fraction of sp³-hybridized carbons (Fsp3) is 0.333. The molecule has 11 nitrogen and oxygen atoms in total. The summed E-state index contributed by atoms with van der Waals surface area (Å²) in [5, 5.41) is 21.7. The lowest BCUT2D eigenvalue weighted by Gasteiger charge is -2.42. The van der Waals surface area contributed by atoms with E-state index < -0.39 is 61.9 Å². The van der Waals surface area contributed by atoms with E-state index in [1.54, 1.807) is 0 Å². The maximum absolute atomic E-state index is 13.4. The first-order valence-corrected chi connectivity index (χ1v) is 15.3. The molecule has 0 fully saturated rings. The van der Waals surface area contributed by atoms with Crippen LogP contribution in [-0.4, -0.2) is 51.1 Å². The number of carbonyl (C=O) groups is 1. The summed E-state index contributed by atoms with van der Waals surface area (Å²) in [4.78, 5) is 13.0. The number of fused-ring (bicyclic) bond motifs is 1. The number of amides is 1. The van der Waals surface area contributed by atoms with Crippen LogP contribution in [0.5, 0.6) is 5.75 Å². The fourth-order valence-electron chi connectivity index (χ4n) is 4.31. The zero-order valence-electron chi connectivity index (χ0n) is 22.5. The van der Waals surface area contributed by atoms with Crippen molar-refractivity contribution >= 4 is 43.7 Å². The van der Waals surface area contributed by atoms with E-state index in [-0.39, 0.29) is 43.0 Å². The minimum atomic E-state index is -4.76. The Kier molecular flexibility index (Phi) is 7.80. The molecule has 0 spiro atoms. The SMILES string of the molecule is Cn1nc(-c2ccc(S(=O)(=O)N[C@@H]3c4cc(C(=O)Nc5nnc(C(F)(F)F)s5)ccc4OC(C)(C)[C@H]3O)s2)cc1C(F)(F)F. The number of benzene rings is 1. The van der Waals surface area contributed by atoms with E-state index in [2.05, 4.69) is 25.3 Å². The lowest BCUT2D eigenvalue weighted by atomic mass is 9.86. The van der Waals surface area contributed by atoms with Crippen molar-refractivity contribution in [2.75, 3.05) is 5.32 Å². The normalized spacial score (nSPS) is 18.5. The number of aryl methyl sites for hydroxylation is 1. The average Bonchev–Trinajstić information content (AvgIpc) is 3.65. The topological polar surface area (TPSA) is 148 Å². The van der Waals surface area contributed by atoms with Crippen molar-refractivity contribution in [3.05, 3.63) is 58.2 Å². The molecule has 44 heavy (non-hydrogen) atoms. The molecule has 0 saturated carbocycles. The van der Waals surface area contributed by atoms with Crippen LogP contribution in [0.4, 0.5) is 31.5 Å². The number of rotatable bonds is 6. The molecule has 4 aromatic rings. The van der Waals surface area contributed by atoms with E-state index >= 15 is 0 Å². The van der Waals surface area contributed by atoms with Crippen LogP contribution in [0.2, 0.25) is 0 Å². The zero-order chi connectivity index (χ0) is 32.4. The van der Waals surface area contributed by atoms with E-state index in [1.807, 2.05) is 0 Å². The van der Waals surface area contributed by atoms with Crippen LogP contribution in [0, 0.1) is 0 Å². The summed E-state index contributed by atoms with van der Waals surface area (Å²) < 4.78 is 114. The molecule has 1 aliphatic heterocycles. The van der Waals surface area contributed by atoms with E-state index in [0.29, 0.717) is 16.0 Å². The molecular weight excluding hydrogens is 662 g/mol. The Hall–Kier alpha value is -3.59. The average molecular weight is 683 g/mol. The predicted molar refractivity (Wildman–Crippen MR) is 145 cm³/mol. The van der Waals surface area contributed by atoms with Gasteiger partial charge in [-0.3, -0.25) is 14.8 Å². The molecule has 3 aromatic heterocycles. The number of hydrogen-bond acceptors (Lipinski definition) is 10. The highest BCUT2D eigenvalue weighted by Gasteiger charge is 2.45. The van der Waals surface area contributed by atoms with Gasteiger partial charge in [-0.15, -0.1) is 21.5 Å². The summed E-state index contributed by atoms with van der Waals surface area (Å²) in [6.45, 7) is 3.00. The maximum Gasteiger partial charge on any atom is 0.445 e. The number of nitrogens with one attached hydrogen (secondary N) is 2. The van der Waals surface area contributed by atoms with Gasteiger partial charge < -0.3 is 9.84 Å². The van der Waals surface area contributed by atoms with Gasteiger partial charge in [0.05, 0.1) is 10.9 Å². The van der Waals surface area contributed by atoms with Gasteiger partial charge in [0.1, 0.15) is 33.1 Å². The Morgan fingerprint density at radius 3 is 2.36 bits per heavy atom. The molecule has 0 saturated heterocycles. The van der Waals surface area contributed by atoms with Gasteiger partial charge in [0.2, 0.25) is 10.1 Å². The van der Waals surface area contributed by atoms with Crippen LogP contribution in [0.3, 0.4) is 0 Å². The number of aromatic nitrogens is 4. The van der Waals surface area contributed by atoms with Crippen molar-refractivity contribution in [2.24, 2.45) is 7.05 Å². The van der Waals surface area contributed by atoms with E-state index in [0.717, 1.165) is 13.1 Å². The summed E-state index contributed by atoms with van der Waals surface area (Å²) in [7, 11) is -3.32. The monoisotopic (exact) mass is 682 g/mol. The number of alkyl halides is 6. The third kappa shape index (κ3) is 6.16. The van der Waals surface area contributed by atoms with Gasteiger partial charge in [0.15, 0.2) is 0 Å². The number of sulfonamides is 1. The first-order valence-electron chi connectivity index (χ1n) is 12.2. The molecule has 0 aliphatic carbocycles.